The van der Waals surface area contributed by atoms with Crippen LogP contribution in [0.25, 0.3) is 0 Å². The molecule has 1 atom stereocenters. The van der Waals surface area contributed by atoms with E-state index < -0.39 is 17.9 Å². The second-order valence-corrected chi connectivity index (χ2v) is 5.12. The number of carbonyl (C=O) groups is 3. The molecule has 4 N–H and O–H groups in total. The lowest BCUT2D eigenvalue weighted by molar-refractivity contribution is -0.138. The van der Waals surface area contributed by atoms with Gasteiger partial charge >= 0.3 is 5.97 Å². The Bertz CT molecular complexity index is 479. The van der Waals surface area contributed by atoms with Crippen molar-refractivity contribution in [2.24, 2.45) is 5.73 Å². The van der Waals surface area contributed by atoms with Gasteiger partial charge in [0.15, 0.2) is 0 Å². The molecule has 0 radical (unpaired) electrons. The van der Waals surface area contributed by atoms with Crippen LogP contribution in [-0.4, -0.2) is 40.4 Å². The number of nitrogens with one attached hydrogen (secondary N) is 1. The maximum absolute atomic E-state index is 11.6. The number of benzene rings is 1. The molecular weight excluding hydrogens is 280 g/mol. The van der Waals surface area contributed by atoms with Gasteiger partial charge in [0.05, 0.1) is 12.2 Å². The maximum atomic E-state index is 11.6. The van der Waals surface area contributed by atoms with Crippen LogP contribution in [0, 0.1) is 0 Å². The predicted octanol–water partition coefficient (Wildman–Crippen LogP) is 0.0170. The summed E-state index contributed by atoms with van der Waals surface area (Å²) >= 11 is 1.08. The fourth-order valence-corrected chi connectivity index (χ4v) is 2.14. The van der Waals surface area contributed by atoms with Gasteiger partial charge in [-0.25, -0.2) is 0 Å². The minimum atomic E-state index is -1.11. The zero-order valence-electron chi connectivity index (χ0n) is 10.7. The lowest BCUT2D eigenvalue weighted by Gasteiger charge is -2.06. The number of aliphatic carboxylic acids is 1. The number of thioether (sulfide) groups is 1. The summed E-state index contributed by atoms with van der Waals surface area (Å²) < 4.78 is 0. The molecule has 1 unspecified atom stereocenters. The molecule has 0 aliphatic carbocycles. The Balaban J connectivity index is 2.25. The predicted molar refractivity (Wildman–Crippen MR) is 76.2 cm³/mol. The molecule has 1 aromatic rings. The molecule has 0 fully saturated rings. The van der Waals surface area contributed by atoms with Crippen molar-refractivity contribution in [2.75, 3.05) is 11.5 Å². The van der Waals surface area contributed by atoms with E-state index in [1.165, 1.54) is 0 Å². The Kier molecular flexibility index (Phi) is 6.75. The van der Waals surface area contributed by atoms with Gasteiger partial charge in [0.1, 0.15) is 6.04 Å². The highest BCUT2D eigenvalue weighted by Crippen LogP contribution is 2.02. The van der Waals surface area contributed by atoms with Gasteiger partial charge in [-0.2, -0.15) is 0 Å². The number of carbonyl (C=O) groups excluding carboxylic acids is 2. The first-order valence-corrected chi connectivity index (χ1v) is 7.07. The number of amides is 2. The molecule has 0 aromatic heterocycles. The molecule has 0 bridgehead atoms. The summed E-state index contributed by atoms with van der Waals surface area (Å²) in [5.41, 5.74) is 6.11. The van der Waals surface area contributed by atoms with Crippen molar-refractivity contribution in [3.05, 3.63) is 35.9 Å². The number of carboxylic acids is 1. The third-order valence-electron chi connectivity index (χ3n) is 2.33. The quantitative estimate of drug-likeness (QED) is 0.654. The van der Waals surface area contributed by atoms with Crippen LogP contribution in [-0.2, 0) is 20.8 Å². The molecule has 0 aliphatic heterocycles. The topological polar surface area (TPSA) is 109 Å². The summed E-state index contributed by atoms with van der Waals surface area (Å²) in [6.45, 7) is 0. The van der Waals surface area contributed by atoms with Gasteiger partial charge in [-0.05, 0) is 5.56 Å². The van der Waals surface area contributed by atoms with Gasteiger partial charge in [0.2, 0.25) is 11.8 Å². The van der Waals surface area contributed by atoms with Crippen LogP contribution in [0.1, 0.15) is 5.56 Å². The van der Waals surface area contributed by atoms with Crippen LogP contribution in [0.3, 0.4) is 0 Å². The van der Waals surface area contributed by atoms with Crippen LogP contribution in [0.4, 0.5) is 0 Å². The minimum Gasteiger partial charge on any atom is -0.480 e. The molecule has 6 nitrogen and oxygen atoms in total. The Morgan fingerprint density at radius 2 is 1.85 bits per heavy atom. The number of imide groups is 1. The maximum Gasteiger partial charge on any atom is 0.321 e. The van der Waals surface area contributed by atoms with E-state index in [1.807, 2.05) is 18.2 Å². The highest BCUT2D eigenvalue weighted by Gasteiger charge is 2.13. The van der Waals surface area contributed by atoms with Crippen LogP contribution in [0.5, 0.6) is 0 Å². The summed E-state index contributed by atoms with van der Waals surface area (Å²) in [6.07, 6.45) is 0.131. The zero-order valence-corrected chi connectivity index (χ0v) is 11.6. The Hall–Kier alpha value is -1.86. The third kappa shape index (κ3) is 6.35. The summed E-state index contributed by atoms with van der Waals surface area (Å²) in [7, 11) is 0. The molecule has 108 valence electrons. The number of carboxylic acid groups (broad SMARTS) is 1. The zero-order chi connectivity index (χ0) is 15.0. The average molecular weight is 296 g/mol. The highest BCUT2D eigenvalue weighted by molar-refractivity contribution is 8.00. The fourth-order valence-electron chi connectivity index (χ4n) is 1.37. The van der Waals surface area contributed by atoms with Gasteiger partial charge < -0.3 is 10.8 Å². The van der Waals surface area contributed by atoms with E-state index in [-0.39, 0.29) is 23.8 Å². The first-order chi connectivity index (χ1) is 9.49. The van der Waals surface area contributed by atoms with Gasteiger partial charge in [-0.1, -0.05) is 30.3 Å². The average Bonchev–Trinajstić information content (AvgIpc) is 2.39. The largest absolute Gasteiger partial charge is 0.480 e. The van der Waals surface area contributed by atoms with Crippen LogP contribution < -0.4 is 11.1 Å². The number of nitrogens with two attached hydrogens (primary N) is 1. The van der Waals surface area contributed by atoms with Crippen LogP contribution in [0.2, 0.25) is 0 Å². The molecule has 0 saturated carbocycles. The molecule has 7 heteroatoms. The fraction of sp³-hybridized carbons (Fsp3) is 0.308. The molecule has 20 heavy (non-hydrogen) atoms. The smallest absolute Gasteiger partial charge is 0.321 e. The van der Waals surface area contributed by atoms with E-state index in [0.717, 1.165) is 17.3 Å². The number of hydrogen-bond donors (Lipinski definition) is 3. The van der Waals surface area contributed by atoms with Gasteiger partial charge in [-0.15, -0.1) is 11.8 Å². The van der Waals surface area contributed by atoms with Crippen molar-refractivity contribution < 1.29 is 19.5 Å². The number of rotatable bonds is 7. The van der Waals surface area contributed by atoms with E-state index in [1.54, 1.807) is 12.1 Å². The summed E-state index contributed by atoms with van der Waals surface area (Å²) in [6, 6.07) is 8.05. The Labute approximate surface area is 120 Å². The second kappa shape index (κ2) is 8.34. The van der Waals surface area contributed by atoms with E-state index >= 15 is 0 Å². The van der Waals surface area contributed by atoms with Crippen LogP contribution in [0.15, 0.2) is 30.3 Å². The lowest BCUT2D eigenvalue weighted by atomic mass is 10.1. The molecule has 0 aliphatic rings. The van der Waals surface area contributed by atoms with Crippen molar-refractivity contribution in [1.82, 2.24) is 5.32 Å². The summed E-state index contributed by atoms with van der Waals surface area (Å²) in [5, 5.41) is 10.8. The third-order valence-corrected chi connectivity index (χ3v) is 3.40. The monoisotopic (exact) mass is 296 g/mol. The summed E-state index contributed by atoms with van der Waals surface area (Å²) in [5.74, 6) is -1.83. The SMILES string of the molecule is NC(CSCC(=O)NC(=O)Cc1ccccc1)C(=O)O. The van der Waals surface area contributed by atoms with Gasteiger partial charge in [0.25, 0.3) is 0 Å². The van der Waals surface area contributed by atoms with E-state index in [2.05, 4.69) is 5.32 Å². The van der Waals surface area contributed by atoms with E-state index in [0.29, 0.717) is 0 Å². The van der Waals surface area contributed by atoms with Gasteiger partial charge in [-0.3, -0.25) is 19.7 Å². The van der Waals surface area contributed by atoms with Crippen molar-refractivity contribution >= 4 is 29.5 Å². The van der Waals surface area contributed by atoms with E-state index in [9.17, 15) is 14.4 Å². The van der Waals surface area contributed by atoms with Crippen molar-refractivity contribution in [1.29, 1.82) is 0 Å². The molecule has 0 spiro atoms. The van der Waals surface area contributed by atoms with Gasteiger partial charge in [0, 0.05) is 5.75 Å². The highest BCUT2D eigenvalue weighted by atomic mass is 32.2. The number of hydrogen-bond acceptors (Lipinski definition) is 5. The standard InChI is InChI=1S/C13H16N2O4S/c14-10(13(18)19)7-20-8-12(17)15-11(16)6-9-4-2-1-3-5-9/h1-5,10H,6-8,14H2,(H,18,19)(H,15,16,17). The Morgan fingerprint density at radius 3 is 2.45 bits per heavy atom. The normalized spacial score (nSPS) is 11.7. The first kappa shape index (κ1) is 16.2. The van der Waals surface area contributed by atoms with E-state index in [4.69, 9.17) is 10.8 Å². The minimum absolute atomic E-state index is 0.00150. The molecule has 0 saturated heterocycles. The first-order valence-electron chi connectivity index (χ1n) is 5.91. The van der Waals surface area contributed by atoms with Crippen molar-refractivity contribution in [3.8, 4) is 0 Å². The van der Waals surface area contributed by atoms with Crippen molar-refractivity contribution in [3.63, 3.8) is 0 Å². The summed E-state index contributed by atoms with van der Waals surface area (Å²) in [4.78, 5) is 33.5. The molecule has 2 amide bonds. The van der Waals surface area contributed by atoms with Crippen molar-refractivity contribution in [2.45, 2.75) is 12.5 Å². The lowest BCUT2D eigenvalue weighted by Crippen LogP contribution is -2.35. The molecular formula is C13H16N2O4S. The molecule has 0 heterocycles. The van der Waals surface area contributed by atoms with Crippen LogP contribution >= 0.6 is 11.8 Å². The molecule has 1 rings (SSSR count). The Morgan fingerprint density at radius 1 is 1.20 bits per heavy atom. The second-order valence-electron chi connectivity index (χ2n) is 4.09. The molecule has 1 aromatic carbocycles.